The molecule has 0 aromatic heterocycles. The lowest BCUT2D eigenvalue weighted by molar-refractivity contribution is -0.142. The van der Waals surface area contributed by atoms with Gasteiger partial charge in [0, 0.05) is 49.0 Å². The smallest absolute Gasteiger partial charge is 0.225 e. The maximum Gasteiger partial charge on any atom is 0.225 e. The van der Waals surface area contributed by atoms with Gasteiger partial charge in [0.15, 0.2) is 0 Å². The van der Waals surface area contributed by atoms with Crippen molar-refractivity contribution < 1.29 is 14.7 Å². The minimum absolute atomic E-state index is 0.0775. The molecule has 2 atom stereocenters. The molecule has 6 nitrogen and oxygen atoms in total. The van der Waals surface area contributed by atoms with E-state index in [2.05, 4.69) is 29.7 Å². The number of carbonyl (C=O) groups is 2. The zero-order valence-electron chi connectivity index (χ0n) is 24.3. The predicted molar refractivity (Wildman–Crippen MR) is 162 cm³/mol. The molecule has 3 N–H and O–H groups in total. The van der Waals surface area contributed by atoms with E-state index in [4.69, 9.17) is 11.6 Å². The van der Waals surface area contributed by atoms with Crippen molar-refractivity contribution in [2.75, 3.05) is 33.2 Å². The molecule has 1 saturated carbocycles. The molecule has 2 aromatic carbocycles. The molecule has 2 aliphatic rings. The summed E-state index contributed by atoms with van der Waals surface area (Å²) in [6, 6.07) is 14.0. The molecule has 0 bridgehead atoms. The number of aliphatic hydroxyl groups is 1. The fourth-order valence-electron chi connectivity index (χ4n) is 6.89. The first kappa shape index (κ1) is 30.5. The topological polar surface area (TPSA) is 81.7 Å². The van der Waals surface area contributed by atoms with Gasteiger partial charge in [-0.2, -0.15) is 0 Å². The van der Waals surface area contributed by atoms with Crippen LogP contribution in [0.25, 0.3) is 11.1 Å². The van der Waals surface area contributed by atoms with Gasteiger partial charge in [-0.3, -0.25) is 9.59 Å². The van der Waals surface area contributed by atoms with E-state index in [0.29, 0.717) is 36.9 Å². The van der Waals surface area contributed by atoms with Crippen molar-refractivity contribution in [3.8, 4) is 11.1 Å². The van der Waals surface area contributed by atoms with Crippen LogP contribution in [0.1, 0.15) is 69.4 Å². The third-order valence-corrected chi connectivity index (χ3v) is 9.31. The van der Waals surface area contributed by atoms with E-state index in [9.17, 15) is 14.7 Å². The lowest BCUT2D eigenvalue weighted by Gasteiger charge is -2.45. The Morgan fingerprint density at radius 1 is 1.10 bits per heavy atom. The summed E-state index contributed by atoms with van der Waals surface area (Å²) in [6.45, 7) is 6.34. The van der Waals surface area contributed by atoms with Gasteiger partial charge in [0.1, 0.15) is 0 Å². The molecule has 0 spiro atoms. The molecule has 1 aliphatic heterocycles. The van der Waals surface area contributed by atoms with Gasteiger partial charge in [-0.05, 0) is 95.0 Å². The van der Waals surface area contributed by atoms with Gasteiger partial charge in [0.2, 0.25) is 11.8 Å². The van der Waals surface area contributed by atoms with Crippen molar-refractivity contribution in [2.45, 2.75) is 70.8 Å². The van der Waals surface area contributed by atoms with E-state index in [1.54, 1.807) is 0 Å². The summed E-state index contributed by atoms with van der Waals surface area (Å²) >= 11 is 6.84. The number of piperidine rings is 1. The lowest BCUT2D eigenvalue weighted by atomic mass is 9.72. The average molecular weight is 568 g/mol. The number of nitrogens with zero attached hydrogens (tertiary/aromatic N) is 1. The molecule has 40 heavy (non-hydrogen) atoms. The lowest BCUT2D eigenvalue weighted by Crippen LogP contribution is -2.50. The summed E-state index contributed by atoms with van der Waals surface area (Å²) < 4.78 is 0. The van der Waals surface area contributed by atoms with Gasteiger partial charge in [-0.15, -0.1) is 0 Å². The number of rotatable bonds is 10. The number of hydrogen-bond acceptors (Lipinski definition) is 4. The third-order valence-electron chi connectivity index (χ3n) is 8.99. The molecule has 0 radical (unpaired) electrons. The summed E-state index contributed by atoms with van der Waals surface area (Å²) in [6.07, 6.45) is 6.84. The monoisotopic (exact) mass is 567 g/mol. The van der Waals surface area contributed by atoms with E-state index < -0.39 is 5.60 Å². The standard InChI is InChI=1S/C33H46ClN3O3/c1-23-8-4-9-27(20-23)31-29(11-5-12-30(31)34)33(40,17-7-18-36-24(2)38)28-10-6-19-37(22-28)32(39)26-15-13-25(14-16-26)21-35-3/h4-5,8-9,11-12,20,25-26,28,35,40H,6-7,10,13-19,21-22H2,1-3H3,(H,36,38). The van der Waals surface area contributed by atoms with Crippen LogP contribution in [0.5, 0.6) is 0 Å². The van der Waals surface area contributed by atoms with Gasteiger partial charge < -0.3 is 20.6 Å². The Balaban J connectivity index is 1.62. The minimum Gasteiger partial charge on any atom is -0.385 e. The van der Waals surface area contributed by atoms with Crippen molar-refractivity contribution in [2.24, 2.45) is 17.8 Å². The third kappa shape index (κ3) is 7.26. The zero-order chi connectivity index (χ0) is 28.7. The highest BCUT2D eigenvalue weighted by atomic mass is 35.5. The van der Waals surface area contributed by atoms with Crippen molar-refractivity contribution >= 4 is 23.4 Å². The van der Waals surface area contributed by atoms with E-state index >= 15 is 0 Å². The number of nitrogens with one attached hydrogen (secondary N) is 2. The van der Waals surface area contributed by atoms with Crippen LogP contribution < -0.4 is 10.6 Å². The highest BCUT2D eigenvalue weighted by molar-refractivity contribution is 6.33. The molecule has 1 saturated heterocycles. The number of aryl methyl sites for hydroxylation is 1. The SMILES string of the molecule is CNCC1CCC(C(=O)N2CCCC(C(O)(CCCNC(C)=O)c3cccc(Cl)c3-c3cccc(C)c3)C2)CC1. The van der Waals surface area contributed by atoms with Gasteiger partial charge in [-0.1, -0.05) is 53.6 Å². The Kier molecular flexibility index (Phi) is 10.7. The highest BCUT2D eigenvalue weighted by Crippen LogP contribution is 2.46. The van der Waals surface area contributed by atoms with Crippen molar-refractivity contribution in [1.82, 2.24) is 15.5 Å². The first-order chi connectivity index (χ1) is 19.2. The van der Waals surface area contributed by atoms with Crippen LogP contribution in [0.4, 0.5) is 0 Å². The van der Waals surface area contributed by atoms with Crippen LogP contribution in [0.2, 0.25) is 5.02 Å². The van der Waals surface area contributed by atoms with Crippen LogP contribution in [-0.2, 0) is 15.2 Å². The quantitative estimate of drug-likeness (QED) is 0.322. The molecule has 1 heterocycles. The molecular weight excluding hydrogens is 522 g/mol. The van der Waals surface area contributed by atoms with Gasteiger partial charge in [0.25, 0.3) is 0 Å². The molecule has 2 fully saturated rings. The molecule has 7 heteroatoms. The summed E-state index contributed by atoms with van der Waals surface area (Å²) in [5.74, 6) is 0.766. The van der Waals surface area contributed by atoms with Crippen LogP contribution >= 0.6 is 11.6 Å². The fourth-order valence-corrected chi connectivity index (χ4v) is 7.17. The van der Waals surface area contributed by atoms with Crippen molar-refractivity contribution in [1.29, 1.82) is 0 Å². The Hall–Kier alpha value is -2.41. The Morgan fingerprint density at radius 2 is 1.85 bits per heavy atom. The second kappa shape index (κ2) is 14.0. The predicted octanol–water partition coefficient (Wildman–Crippen LogP) is 5.68. The molecular formula is C33H46ClN3O3. The van der Waals surface area contributed by atoms with E-state index in [1.807, 2.05) is 42.3 Å². The molecule has 2 aromatic rings. The van der Waals surface area contributed by atoms with Gasteiger partial charge in [0.05, 0.1) is 5.60 Å². The molecule has 2 unspecified atom stereocenters. The number of halogens is 1. The molecule has 2 amide bonds. The zero-order valence-corrected chi connectivity index (χ0v) is 25.1. The number of benzene rings is 2. The highest BCUT2D eigenvalue weighted by Gasteiger charge is 2.43. The van der Waals surface area contributed by atoms with Crippen molar-refractivity contribution in [3.05, 3.63) is 58.6 Å². The largest absolute Gasteiger partial charge is 0.385 e. The molecule has 1 aliphatic carbocycles. The average Bonchev–Trinajstić information content (AvgIpc) is 2.95. The normalized spacial score (nSPS) is 22.9. The second-order valence-electron chi connectivity index (χ2n) is 11.9. The van der Waals surface area contributed by atoms with Gasteiger partial charge >= 0.3 is 0 Å². The Morgan fingerprint density at radius 3 is 2.55 bits per heavy atom. The minimum atomic E-state index is -1.20. The molecule has 4 rings (SSSR count). The first-order valence-electron chi connectivity index (χ1n) is 15.0. The maximum atomic E-state index is 13.7. The summed E-state index contributed by atoms with van der Waals surface area (Å²) in [5, 5.41) is 19.5. The summed E-state index contributed by atoms with van der Waals surface area (Å²) in [4.78, 5) is 27.3. The van der Waals surface area contributed by atoms with Crippen LogP contribution in [0.15, 0.2) is 42.5 Å². The summed E-state index contributed by atoms with van der Waals surface area (Å²) in [7, 11) is 1.99. The van der Waals surface area contributed by atoms with E-state index in [0.717, 1.165) is 73.9 Å². The first-order valence-corrected chi connectivity index (χ1v) is 15.4. The Bertz CT molecular complexity index is 1160. The second-order valence-corrected chi connectivity index (χ2v) is 12.3. The maximum absolute atomic E-state index is 13.7. The number of carbonyl (C=O) groups excluding carboxylic acids is 2. The van der Waals surface area contributed by atoms with Crippen LogP contribution in [-0.4, -0.2) is 55.0 Å². The fraction of sp³-hybridized carbons (Fsp3) is 0.576. The number of hydrogen-bond donors (Lipinski definition) is 3. The number of likely N-dealkylation sites (tertiary alicyclic amines) is 1. The van der Waals surface area contributed by atoms with E-state index in [1.165, 1.54) is 6.92 Å². The summed E-state index contributed by atoms with van der Waals surface area (Å²) in [5.41, 5.74) is 2.55. The van der Waals surface area contributed by atoms with E-state index in [-0.39, 0.29) is 23.7 Å². The van der Waals surface area contributed by atoms with Crippen LogP contribution in [0.3, 0.4) is 0 Å². The molecule has 218 valence electrons. The van der Waals surface area contributed by atoms with Crippen LogP contribution in [0, 0.1) is 24.7 Å². The Labute approximate surface area is 244 Å². The van der Waals surface area contributed by atoms with Gasteiger partial charge in [-0.25, -0.2) is 0 Å². The van der Waals surface area contributed by atoms with Crippen molar-refractivity contribution in [3.63, 3.8) is 0 Å². The number of amides is 2.